The second-order valence-electron chi connectivity index (χ2n) is 9.40. The predicted molar refractivity (Wildman–Crippen MR) is 124 cm³/mol. The molecule has 1 saturated heterocycles. The Bertz CT molecular complexity index is 745. The topological polar surface area (TPSA) is 48.1 Å². The van der Waals surface area contributed by atoms with E-state index in [9.17, 15) is 4.39 Å². The van der Waals surface area contributed by atoms with Crippen LogP contribution in [0.1, 0.15) is 57.8 Å². The SMILES string of the molecule is FC1=C(Cl)C[C@@H](N[C@H]2N[C@@H](C3=CCCNC3)NC3=C2C[C@H]([C@H]2CCCS2)CC3)CC1. The highest BCUT2D eigenvalue weighted by Gasteiger charge is 2.38. The van der Waals surface area contributed by atoms with Crippen LogP contribution in [0, 0.1) is 5.92 Å². The second kappa shape index (κ2) is 9.53. The first kappa shape index (κ1) is 21.3. The van der Waals surface area contributed by atoms with Crippen molar-refractivity contribution >= 4 is 23.4 Å². The standard InChI is InChI=1S/C23H34ClFN4S/c24-18-12-16(6-7-19(18)25)27-23-17-11-14(21-4-2-10-30-21)5-8-20(17)28-22(29-23)15-3-1-9-26-13-15/h3,14,16,21-23,26-29H,1-2,4-13H2/t14-,16+,21-,22+,23+/m1/s1. The van der Waals surface area contributed by atoms with E-state index in [0.717, 1.165) is 43.5 Å². The van der Waals surface area contributed by atoms with Crippen LogP contribution in [0.2, 0.25) is 0 Å². The fourth-order valence-electron chi connectivity index (χ4n) is 5.71. The average Bonchev–Trinajstić information content (AvgIpc) is 3.31. The first-order valence-electron chi connectivity index (χ1n) is 11.7. The first-order valence-corrected chi connectivity index (χ1v) is 13.1. The number of halogens is 2. The van der Waals surface area contributed by atoms with Gasteiger partial charge in [0.15, 0.2) is 0 Å². The van der Waals surface area contributed by atoms with E-state index in [1.807, 2.05) is 0 Å². The van der Waals surface area contributed by atoms with E-state index >= 15 is 0 Å². The van der Waals surface area contributed by atoms with Crippen molar-refractivity contribution in [2.24, 2.45) is 5.92 Å². The molecular weight excluding hydrogens is 419 g/mol. The van der Waals surface area contributed by atoms with E-state index < -0.39 is 0 Å². The van der Waals surface area contributed by atoms with Gasteiger partial charge in [-0.3, -0.25) is 10.6 Å². The quantitative estimate of drug-likeness (QED) is 0.480. The van der Waals surface area contributed by atoms with E-state index in [1.54, 1.807) is 0 Å². The zero-order chi connectivity index (χ0) is 20.5. The molecule has 3 aliphatic heterocycles. The summed E-state index contributed by atoms with van der Waals surface area (Å²) in [6.45, 7) is 2.00. The molecule has 7 heteroatoms. The molecule has 0 aromatic rings. The Morgan fingerprint density at radius 3 is 2.87 bits per heavy atom. The average molecular weight is 453 g/mol. The summed E-state index contributed by atoms with van der Waals surface area (Å²) in [5, 5.41) is 16.3. The van der Waals surface area contributed by atoms with Crippen LogP contribution in [0.25, 0.3) is 0 Å². The molecule has 0 aromatic carbocycles. The molecule has 5 atom stereocenters. The van der Waals surface area contributed by atoms with Gasteiger partial charge < -0.3 is 10.6 Å². The van der Waals surface area contributed by atoms with Gasteiger partial charge in [-0.1, -0.05) is 17.7 Å². The normalized spacial score (nSPS) is 37.7. The molecule has 0 radical (unpaired) electrons. The maximum absolute atomic E-state index is 13.8. The summed E-state index contributed by atoms with van der Waals surface area (Å²) in [5.74, 6) is 1.98. The Balaban J connectivity index is 1.35. The Kier molecular flexibility index (Phi) is 6.78. The third kappa shape index (κ3) is 4.63. The van der Waals surface area contributed by atoms with E-state index in [1.165, 1.54) is 48.3 Å². The van der Waals surface area contributed by atoms with Gasteiger partial charge in [0.2, 0.25) is 0 Å². The van der Waals surface area contributed by atoms with Gasteiger partial charge in [-0.05, 0) is 74.3 Å². The molecule has 0 saturated carbocycles. The largest absolute Gasteiger partial charge is 0.370 e. The van der Waals surface area contributed by atoms with Crippen molar-refractivity contribution in [2.75, 3.05) is 18.8 Å². The second-order valence-corrected chi connectivity index (χ2v) is 11.2. The smallest absolute Gasteiger partial charge is 0.114 e. The molecular formula is C23H34ClFN4S. The van der Waals surface area contributed by atoms with Crippen LogP contribution in [0.4, 0.5) is 4.39 Å². The van der Waals surface area contributed by atoms with Crippen molar-refractivity contribution in [3.8, 4) is 0 Å². The molecule has 2 aliphatic carbocycles. The molecule has 4 N–H and O–H groups in total. The summed E-state index contributed by atoms with van der Waals surface area (Å²) in [6.07, 6.45) is 12.0. The lowest BCUT2D eigenvalue weighted by Gasteiger charge is -2.44. The summed E-state index contributed by atoms with van der Waals surface area (Å²) in [7, 11) is 0. The van der Waals surface area contributed by atoms with E-state index in [4.69, 9.17) is 11.6 Å². The number of thioether (sulfide) groups is 1. The van der Waals surface area contributed by atoms with Gasteiger partial charge in [-0.15, -0.1) is 0 Å². The zero-order valence-corrected chi connectivity index (χ0v) is 19.2. The monoisotopic (exact) mass is 452 g/mol. The third-order valence-corrected chi connectivity index (χ3v) is 9.32. The zero-order valence-electron chi connectivity index (χ0n) is 17.6. The van der Waals surface area contributed by atoms with Crippen LogP contribution in [0.5, 0.6) is 0 Å². The van der Waals surface area contributed by atoms with E-state index in [-0.39, 0.29) is 24.2 Å². The highest BCUT2D eigenvalue weighted by atomic mass is 35.5. The highest BCUT2D eigenvalue weighted by molar-refractivity contribution is 8.00. The lowest BCUT2D eigenvalue weighted by Crippen LogP contribution is -2.62. The predicted octanol–water partition coefficient (Wildman–Crippen LogP) is 4.26. The fraction of sp³-hybridized carbons (Fsp3) is 0.739. The van der Waals surface area contributed by atoms with Gasteiger partial charge in [0.05, 0.1) is 11.2 Å². The molecule has 0 aromatic heterocycles. The van der Waals surface area contributed by atoms with Crippen molar-refractivity contribution in [1.29, 1.82) is 0 Å². The number of nitrogens with one attached hydrogen (secondary N) is 4. The van der Waals surface area contributed by atoms with Crippen molar-refractivity contribution in [3.05, 3.63) is 33.8 Å². The van der Waals surface area contributed by atoms with Crippen molar-refractivity contribution in [3.63, 3.8) is 0 Å². The lowest BCUT2D eigenvalue weighted by atomic mass is 9.80. The van der Waals surface area contributed by atoms with Crippen LogP contribution in [-0.2, 0) is 0 Å². The summed E-state index contributed by atoms with van der Waals surface area (Å²) in [6, 6.07) is 0.224. The molecule has 0 spiro atoms. The maximum atomic E-state index is 13.8. The van der Waals surface area contributed by atoms with Gasteiger partial charge in [0.1, 0.15) is 12.0 Å². The molecule has 4 nitrogen and oxygen atoms in total. The Morgan fingerprint density at radius 1 is 1.17 bits per heavy atom. The van der Waals surface area contributed by atoms with E-state index in [2.05, 4.69) is 39.1 Å². The minimum atomic E-state index is -0.125. The number of allylic oxidation sites excluding steroid dienone is 2. The van der Waals surface area contributed by atoms with Gasteiger partial charge in [0, 0.05) is 36.4 Å². The molecule has 0 amide bonds. The molecule has 0 bridgehead atoms. The van der Waals surface area contributed by atoms with E-state index in [0.29, 0.717) is 17.9 Å². The Morgan fingerprint density at radius 2 is 2.10 bits per heavy atom. The van der Waals surface area contributed by atoms with Crippen LogP contribution >= 0.6 is 23.4 Å². The van der Waals surface area contributed by atoms with Crippen molar-refractivity contribution in [1.82, 2.24) is 21.3 Å². The summed E-state index contributed by atoms with van der Waals surface area (Å²) < 4.78 is 13.8. The Labute approximate surface area is 188 Å². The minimum Gasteiger partial charge on any atom is -0.370 e. The van der Waals surface area contributed by atoms with Crippen LogP contribution in [-0.4, -0.2) is 42.5 Å². The molecule has 1 fully saturated rings. The molecule has 5 aliphatic rings. The number of hydrogen-bond acceptors (Lipinski definition) is 5. The third-order valence-electron chi connectivity index (χ3n) is 7.39. The summed E-state index contributed by atoms with van der Waals surface area (Å²) in [5.41, 5.74) is 4.34. The van der Waals surface area contributed by atoms with Gasteiger partial charge in [0.25, 0.3) is 0 Å². The van der Waals surface area contributed by atoms with Crippen LogP contribution in [0.15, 0.2) is 33.8 Å². The number of rotatable bonds is 4. The van der Waals surface area contributed by atoms with Crippen molar-refractivity contribution in [2.45, 2.75) is 81.4 Å². The molecule has 3 heterocycles. The minimum absolute atomic E-state index is 0.125. The highest BCUT2D eigenvalue weighted by Crippen LogP contribution is 2.42. The van der Waals surface area contributed by atoms with Gasteiger partial charge >= 0.3 is 0 Å². The van der Waals surface area contributed by atoms with Gasteiger partial charge in [-0.25, -0.2) is 4.39 Å². The van der Waals surface area contributed by atoms with Crippen LogP contribution < -0.4 is 21.3 Å². The maximum Gasteiger partial charge on any atom is 0.114 e. The molecule has 166 valence electrons. The van der Waals surface area contributed by atoms with Gasteiger partial charge in [-0.2, -0.15) is 11.8 Å². The summed E-state index contributed by atoms with van der Waals surface area (Å²) in [4.78, 5) is 0. The summed E-state index contributed by atoms with van der Waals surface area (Å²) >= 11 is 8.36. The van der Waals surface area contributed by atoms with Crippen LogP contribution in [0.3, 0.4) is 0 Å². The molecule has 5 rings (SSSR count). The first-order chi connectivity index (χ1) is 14.7. The lowest BCUT2D eigenvalue weighted by molar-refractivity contribution is 0.281. The molecule has 0 unspecified atom stereocenters. The van der Waals surface area contributed by atoms with Crippen molar-refractivity contribution < 1.29 is 4.39 Å². The fourth-order valence-corrected chi connectivity index (χ4v) is 7.46. The Hall–Kier alpha value is -0.530. The number of hydrogen-bond donors (Lipinski definition) is 4. The molecule has 30 heavy (non-hydrogen) atoms.